The van der Waals surface area contributed by atoms with E-state index in [1.165, 1.54) is 0 Å². The van der Waals surface area contributed by atoms with E-state index in [1.807, 2.05) is 26.8 Å². The highest BCUT2D eigenvalue weighted by molar-refractivity contribution is 5.94. The predicted molar refractivity (Wildman–Crippen MR) is 77.2 cm³/mol. The van der Waals surface area contributed by atoms with Crippen molar-refractivity contribution in [3.8, 4) is 18.1 Å². The Hall–Kier alpha value is -1.95. The molecule has 102 valence electrons. The monoisotopic (exact) mass is 259 g/mol. The molecule has 0 aliphatic carbocycles. The summed E-state index contributed by atoms with van der Waals surface area (Å²) in [6.07, 6.45) is 7.19. The third-order valence-electron chi connectivity index (χ3n) is 2.55. The fraction of sp³-hybridized carbons (Fsp3) is 0.438. The molecule has 0 saturated heterocycles. The van der Waals surface area contributed by atoms with Crippen LogP contribution >= 0.6 is 0 Å². The molecule has 19 heavy (non-hydrogen) atoms. The molecule has 0 saturated carbocycles. The Morgan fingerprint density at radius 3 is 2.79 bits per heavy atom. The largest absolute Gasteiger partial charge is 0.491 e. The first-order valence-corrected chi connectivity index (χ1v) is 6.60. The van der Waals surface area contributed by atoms with Crippen molar-refractivity contribution < 1.29 is 9.53 Å². The normalized spacial score (nSPS) is 11.7. The quantitative estimate of drug-likeness (QED) is 0.797. The van der Waals surface area contributed by atoms with Crippen LogP contribution in [0.2, 0.25) is 0 Å². The number of hydrogen-bond donors (Lipinski definition) is 1. The number of benzene rings is 1. The number of amides is 1. The lowest BCUT2D eigenvalue weighted by Crippen LogP contribution is -2.33. The van der Waals surface area contributed by atoms with Gasteiger partial charge in [0.1, 0.15) is 5.75 Å². The van der Waals surface area contributed by atoms with Crippen molar-refractivity contribution in [3.63, 3.8) is 0 Å². The summed E-state index contributed by atoms with van der Waals surface area (Å²) in [6, 6.07) is 6.91. The first-order valence-electron chi connectivity index (χ1n) is 6.60. The summed E-state index contributed by atoms with van der Waals surface area (Å²) >= 11 is 0. The average Bonchev–Trinajstić information content (AvgIpc) is 2.37. The zero-order valence-electron chi connectivity index (χ0n) is 11.8. The maximum Gasteiger partial charge on any atom is 0.252 e. The van der Waals surface area contributed by atoms with Crippen molar-refractivity contribution in [2.45, 2.75) is 45.8 Å². The Morgan fingerprint density at radius 2 is 2.21 bits per heavy atom. The van der Waals surface area contributed by atoms with E-state index >= 15 is 0 Å². The molecule has 1 N–H and O–H groups in total. The molecular formula is C16H21NO2. The van der Waals surface area contributed by atoms with Gasteiger partial charge in [0.15, 0.2) is 0 Å². The highest BCUT2D eigenvalue weighted by atomic mass is 16.5. The molecule has 0 heterocycles. The fourth-order valence-corrected chi connectivity index (χ4v) is 1.71. The van der Waals surface area contributed by atoms with Crippen LogP contribution in [-0.2, 0) is 0 Å². The van der Waals surface area contributed by atoms with Gasteiger partial charge in [-0.05, 0) is 38.5 Å². The van der Waals surface area contributed by atoms with Crippen molar-refractivity contribution in [2.75, 3.05) is 0 Å². The summed E-state index contributed by atoms with van der Waals surface area (Å²) < 4.78 is 5.56. The maximum absolute atomic E-state index is 12.1. The number of hydrogen-bond acceptors (Lipinski definition) is 2. The van der Waals surface area contributed by atoms with Crippen molar-refractivity contribution in [3.05, 3.63) is 29.8 Å². The summed E-state index contributed by atoms with van der Waals surface area (Å²) in [5, 5.41) is 2.83. The molecule has 1 amide bonds. The van der Waals surface area contributed by atoms with E-state index in [-0.39, 0.29) is 18.1 Å². The minimum absolute atomic E-state index is 0.0804. The topological polar surface area (TPSA) is 38.3 Å². The molecular weight excluding hydrogens is 238 g/mol. The van der Waals surface area contributed by atoms with Gasteiger partial charge in [-0.2, -0.15) is 0 Å². The molecule has 0 aliphatic rings. The molecule has 1 aromatic rings. The molecule has 1 aromatic carbocycles. The molecule has 1 unspecified atom stereocenters. The van der Waals surface area contributed by atoms with Crippen LogP contribution in [-0.4, -0.2) is 18.1 Å². The molecule has 3 nitrogen and oxygen atoms in total. The SMILES string of the molecule is C#CC(CCC)NC(=O)c1cccc(OC(C)C)c1. The highest BCUT2D eigenvalue weighted by Gasteiger charge is 2.11. The van der Waals surface area contributed by atoms with Crippen LogP contribution in [0.4, 0.5) is 0 Å². The van der Waals surface area contributed by atoms with Crippen LogP contribution in [0.3, 0.4) is 0 Å². The van der Waals surface area contributed by atoms with Gasteiger partial charge in [-0.15, -0.1) is 6.42 Å². The number of carbonyl (C=O) groups excluding carboxylic acids is 1. The molecule has 0 radical (unpaired) electrons. The van der Waals surface area contributed by atoms with Crippen molar-refractivity contribution >= 4 is 5.91 Å². The van der Waals surface area contributed by atoms with E-state index in [0.29, 0.717) is 11.3 Å². The van der Waals surface area contributed by atoms with Gasteiger partial charge in [-0.1, -0.05) is 25.3 Å². The van der Waals surface area contributed by atoms with Crippen LogP contribution in [0, 0.1) is 12.3 Å². The molecule has 3 heteroatoms. The summed E-state index contributed by atoms with van der Waals surface area (Å²) in [4.78, 5) is 12.1. The van der Waals surface area contributed by atoms with Crippen molar-refractivity contribution in [1.29, 1.82) is 0 Å². The van der Waals surface area contributed by atoms with Crippen LogP contribution in [0.25, 0.3) is 0 Å². The van der Waals surface area contributed by atoms with Crippen molar-refractivity contribution in [1.82, 2.24) is 5.32 Å². The number of rotatable bonds is 6. The van der Waals surface area contributed by atoms with E-state index < -0.39 is 0 Å². The highest BCUT2D eigenvalue weighted by Crippen LogP contribution is 2.15. The van der Waals surface area contributed by atoms with Crippen LogP contribution < -0.4 is 10.1 Å². The number of terminal acetylenes is 1. The third-order valence-corrected chi connectivity index (χ3v) is 2.55. The second-order valence-electron chi connectivity index (χ2n) is 4.68. The number of nitrogens with one attached hydrogen (secondary N) is 1. The first-order chi connectivity index (χ1) is 9.06. The van der Waals surface area contributed by atoms with E-state index in [2.05, 4.69) is 11.2 Å². The lowest BCUT2D eigenvalue weighted by atomic mass is 10.1. The van der Waals surface area contributed by atoms with Gasteiger partial charge in [0.25, 0.3) is 5.91 Å². The lowest BCUT2D eigenvalue weighted by molar-refractivity contribution is 0.0943. The lowest BCUT2D eigenvalue weighted by Gasteiger charge is -2.13. The van der Waals surface area contributed by atoms with Gasteiger partial charge in [-0.25, -0.2) is 0 Å². The summed E-state index contributed by atoms with van der Waals surface area (Å²) in [6.45, 7) is 5.93. The Labute approximate surface area is 115 Å². The Bertz CT molecular complexity index is 460. The molecule has 1 rings (SSSR count). The Morgan fingerprint density at radius 1 is 1.47 bits per heavy atom. The molecule has 0 bridgehead atoms. The zero-order valence-corrected chi connectivity index (χ0v) is 11.8. The standard InChI is InChI=1S/C16H21NO2/c1-5-8-14(6-2)17-16(18)13-9-7-10-15(11-13)19-12(3)4/h2,7,9-12,14H,5,8H2,1,3-4H3,(H,17,18). The van der Waals surface area contributed by atoms with Crippen LogP contribution in [0.5, 0.6) is 5.75 Å². The van der Waals surface area contributed by atoms with Gasteiger partial charge in [0.05, 0.1) is 12.1 Å². The van der Waals surface area contributed by atoms with E-state index in [1.54, 1.807) is 18.2 Å². The molecule has 1 atom stereocenters. The third kappa shape index (κ3) is 5.05. The first kappa shape index (κ1) is 15.1. The van der Waals surface area contributed by atoms with E-state index in [0.717, 1.165) is 12.8 Å². The van der Waals surface area contributed by atoms with Gasteiger partial charge in [0.2, 0.25) is 0 Å². The zero-order chi connectivity index (χ0) is 14.3. The smallest absolute Gasteiger partial charge is 0.252 e. The number of carbonyl (C=O) groups is 1. The molecule has 0 fully saturated rings. The Kier molecular flexibility index (Phi) is 5.95. The minimum Gasteiger partial charge on any atom is -0.491 e. The molecule has 0 aliphatic heterocycles. The van der Waals surface area contributed by atoms with E-state index in [9.17, 15) is 4.79 Å². The van der Waals surface area contributed by atoms with Gasteiger partial charge >= 0.3 is 0 Å². The van der Waals surface area contributed by atoms with Crippen LogP contribution in [0.15, 0.2) is 24.3 Å². The Balaban J connectivity index is 2.74. The minimum atomic E-state index is -0.216. The van der Waals surface area contributed by atoms with Crippen LogP contribution in [0.1, 0.15) is 44.0 Å². The summed E-state index contributed by atoms with van der Waals surface area (Å²) in [5.74, 6) is 3.12. The summed E-state index contributed by atoms with van der Waals surface area (Å²) in [5.41, 5.74) is 0.564. The van der Waals surface area contributed by atoms with Crippen molar-refractivity contribution in [2.24, 2.45) is 0 Å². The molecule has 0 aromatic heterocycles. The molecule has 0 spiro atoms. The second kappa shape index (κ2) is 7.48. The number of ether oxygens (including phenoxy) is 1. The second-order valence-corrected chi connectivity index (χ2v) is 4.68. The summed E-state index contributed by atoms with van der Waals surface area (Å²) in [7, 11) is 0. The van der Waals surface area contributed by atoms with Gasteiger partial charge < -0.3 is 10.1 Å². The fourth-order valence-electron chi connectivity index (χ4n) is 1.71. The average molecular weight is 259 g/mol. The predicted octanol–water partition coefficient (Wildman–Crippen LogP) is 3.01. The van der Waals surface area contributed by atoms with Gasteiger partial charge in [-0.3, -0.25) is 4.79 Å². The van der Waals surface area contributed by atoms with Gasteiger partial charge in [0, 0.05) is 5.56 Å². The maximum atomic E-state index is 12.1. The van der Waals surface area contributed by atoms with E-state index in [4.69, 9.17) is 11.2 Å².